The number of carbonyl (C=O) groups excluding carboxylic acids is 1. The summed E-state index contributed by atoms with van der Waals surface area (Å²) >= 11 is 0. The second-order valence-electron chi connectivity index (χ2n) is 5.99. The molecule has 1 saturated heterocycles. The van der Waals surface area contributed by atoms with Crippen LogP contribution in [0, 0.1) is 0 Å². The fourth-order valence-electron chi connectivity index (χ4n) is 2.04. The minimum absolute atomic E-state index is 0.0809. The predicted molar refractivity (Wildman–Crippen MR) is 71.1 cm³/mol. The SMILES string of the molecule is CN1CCN(C(=O)OC(C)(C)C)CC1CCC(=O)O. The van der Waals surface area contributed by atoms with Crippen LogP contribution in [-0.2, 0) is 9.53 Å². The lowest BCUT2D eigenvalue weighted by Gasteiger charge is -2.39. The average molecular weight is 272 g/mol. The standard InChI is InChI=1S/C13H24N2O4/c1-13(2,3)19-12(18)15-8-7-14(4)10(9-15)5-6-11(16)17/h10H,5-9H2,1-4H3,(H,16,17). The minimum Gasteiger partial charge on any atom is -0.481 e. The van der Waals surface area contributed by atoms with E-state index in [1.807, 2.05) is 27.8 Å². The molecule has 1 unspecified atom stereocenters. The zero-order valence-corrected chi connectivity index (χ0v) is 12.2. The van der Waals surface area contributed by atoms with Crippen molar-refractivity contribution in [2.45, 2.75) is 45.3 Å². The van der Waals surface area contributed by atoms with Crippen molar-refractivity contribution in [2.24, 2.45) is 0 Å². The van der Waals surface area contributed by atoms with Gasteiger partial charge in [0.15, 0.2) is 0 Å². The molecule has 1 amide bonds. The van der Waals surface area contributed by atoms with Crippen LogP contribution in [0.15, 0.2) is 0 Å². The van der Waals surface area contributed by atoms with Crippen LogP contribution in [0.4, 0.5) is 4.79 Å². The Morgan fingerprint density at radius 2 is 1.95 bits per heavy atom. The first-order chi connectivity index (χ1) is 8.69. The number of nitrogens with zero attached hydrogens (tertiary/aromatic N) is 2. The van der Waals surface area contributed by atoms with Crippen LogP contribution >= 0.6 is 0 Å². The van der Waals surface area contributed by atoms with Gasteiger partial charge in [-0.05, 0) is 34.2 Å². The van der Waals surface area contributed by atoms with E-state index >= 15 is 0 Å². The van der Waals surface area contributed by atoms with E-state index in [1.165, 1.54) is 0 Å². The number of amides is 1. The molecule has 6 heteroatoms. The van der Waals surface area contributed by atoms with Gasteiger partial charge in [-0.15, -0.1) is 0 Å². The van der Waals surface area contributed by atoms with Crippen molar-refractivity contribution in [1.29, 1.82) is 0 Å². The Morgan fingerprint density at radius 3 is 2.47 bits per heavy atom. The topological polar surface area (TPSA) is 70.1 Å². The molecule has 0 aromatic rings. The summed E-state index contributed by atoms with van der Waals surface area (Å²) in [4.78, 5) is 26.4. The van der Waals surface area contributed by atoms with Crippen LogP contribution < -0.4 is 0 Å². The quantitative estimate of drug-likeness (QED) is 0.841. The predicted octanol–water partition coefficient (Wildman–Crippen LogP) is 1.40. The Morgan fingerprint density at radius 1 is 1.32 bits per heavy atom. The van der Waals surface area contributed by atoms with Crippen LogP contribution in [-0.4, -0.2) is 65.3 Å². The maximum Gasteiger partial charge on any atom is 0.410 e. The van der Waals surface area contributed by atoms with Gasteiger partial charge in [-0.1, -0.05) is 0 Å². The van der Waals surface area contributed by atoms with Gasteiger partial charge in [0.1, 0.15) is 5.60 Å². The first kappa shape index (κ1) is 15.8. The lowest BCUT2D eigenvalue weighted by atomic mass is 10.1. The van der Waals surface area contributed by atoms with Gasteiger partial charge in [-0.2, -0.15) is 0 Å². The molecule has 110 valence electrons. The summed E-state index contributed by atoms with van der Waals surface area (Å²) in [5, 5.41) is 8.73. The van der Waals surface area contributed by atoms with Gasteiger partial charge >= 0.3 is 12.1 Å². The van der Waals surface area contributed by atoms with Crippen LogP contribution in [0.3, 0.4) is 0 Å². The lowest BCUT2D eigenvalue weighted by molar-refractivity contribution is -0.137. The van der Waals surface area contributed by atoms with Gasteiger partial charge in [-0.25, -0.2) is 4.79 Å². The molecule has 1 fully saturated rings. The number of carbonyl (C=O) groups is 2. The van der Waals surface area contributed by atoms with Gasteiger partial charge in [-0.3, -0.25) is 9.69 Å². The van der Waals surface area contributed by atoms with Crippen molar-refractivity contribution in [2.75, 3.05) is 26.7 Å². The Hall–Kier alpha value is -1.30. The largest absolute Gasteiger partial charge is 0.481 e. The van der Waals surface area contributed by atoms with Gasteiger partial charge in [0.25, 0.3) is 0 Å². The highest BCUT2D eigenvalue weighted by atomic mass is 16.6. The maximum absolute atomic E-state index is 12.0. The molecule has 1 heterocycles. The average Bonchev–Trinajstić information content (AvgIpc) is 2.25. The van der Waals surface area contributed by atoms with Crippen molar-refractivity contribution < 1.29 is 19.4 Å². The Bertz CT molecular complexity index is 338. The molecule has 0 bridgehead atoms. The molecular weight excluding hydrogens is 248 g/mol. The third-order valence-corrected chi connectivity index (χ3v) is 3.12. The third kappa shape index (κ3) is 5.46. The van der Waals surface area contributed by atoms with E-state index in [-0.39, 0.29) is 18.6 Å². The highest BCUT2D eigenvalue weighted by molar-refractivity contribution is 5.68. The maximum atomic E-state index is 12.0. The normalized spacial score (nSPS) is 21.3. The van der Waals surface area contributed by atoms with Crippen molar-refractivity contribution in [3.05, 3.63) is 0 Å². The number of carboxylic acids is 1. The van der Waals surface area contributed by atoms with Crippen molar-refractivity contribution >= 4 is 12.1 Å². The molecule has 0 aliphatic carbocycles. The molecule has 0 aromatic heterocycles. The summed E-state index contributed by atoms with van der Waals surface area (Å²) in [6.45, 7) is 7.39. The molecule has 0 spiro atoms. The molecule has 1 N–H and O–H groups in total. The zero-order chi connectivity index (χ0) is 14.6. The minimum atomic E-state index is -0.803. The third-order valence-electron chi connectivity index (χ3n) is 3.12. The molecule has 1 aliphatic rings. The second-order valence-corrected chi connectivity index (χ2v) is 5.99. The fourth-order valence-corrected chi connectivity index (χ4v) is 2.04. The van der Waals surface area contributed by atoms with Crippen LogP contribution in [0.1, 0.15) is 33.6 Å². The van der Waals surface area contributed by atoms with E-state index in [9.17, 15) is 9.59 Å². The van der Waals surface area contributed by atoms with Crippen molar-refractivity contribution in [3.8, 4) is 0 Å². The number of aliphatic carboxylic acids is 1. The summed E-state index contributed by atoms with van der Waals surface area (Å²) in [5.74, 6) is -0.803. The summed E-state index contributed by atoms with van der Waals surface area (Å²) in [6.07, 6.45) is 0.350. The number of piperazine rings is 1. The molecule has 0 radical (unpaired) electrons. The van der Waals surface area contributed by atoms with Crippen LogP contribution in [0.5, 0.6) is 0 Å². The van der Waals surface area contributed by atoms with Crippen LogP contribution in [0.25, 0.3) is 0 Å². The molecule has 1 aliphatic heterocycles. The monoisotopic (exact) mass is 272 g/mol. The van der Waals surface area contributed by atoms with Gasteiger partial charge < -0.3 is 14.7 Å². The van der Waals surface area contributed by atoms with E-state index in [0.29, 0.717) is 19.5 Å². The number of hydrogen-bond donors (Lipinski definition) is 1. The zero-order valence-electron chi connectivity index (χ0n) is 12.2. The number of hydrogen-bond acceptors (Lipinski definition) is 4. The Balaban J connectivity index is 2.53. The molecule has 1 rings (SSSR count). The summed E-state index contributed by atoms with van der Waals surface area (Å²) in [6, 6.07) is 0.0809. The highest BCUT2D eigenvalue weighted by Gasteiger charge is 2.30. The summed E-state index contributed by atoms with van der Waals surface area (Å²) in [5.41, 5.74) is -0.503. The molecule has 19 heavy (non-hydrogen) atoms. The van der Waals surface area contributed by atoms with Gasteiger partial charge in [0.05, 0.1) is 0 Å². The number of rotatable bonds is 3. The lowest BCUT2D eigenvalue weighted by Crippen LogP contribution is -2.54. The molecule has 1 atom stereocenters. The summed E-state index contributed by atoms with van der Waals surface area (Å²) in [7, 11) is 1.96. The van der Waals surface area contributed by atoms with E-state index in [4.69, 9.17) is 9.84 Å². The van der Waals surface area contributed by atoms with Gasteiger partial charge in [0.2, 0.25) is 0 Å². The first-order valence-electron chi connectivity index (χ1n) is 6.59. The van der Waals surface area contributed by atoms with E-state index in [2.05, 4.69) is 4.90 Å². The molecule has 6 nitrogen and oxygen atoms in total. The number of carboxylic acid groups (broad SMARTS) is 1. The first-order valence-corrected chi connectivity index (χ1v) is 6.59. The number of ether oxygens (including phenoxy) is 1. The molecular formula is C13H24N2O4. The van der Waals surface area contributed by atoms with Crippen molar-refractivity contribution in [3.63, 3.8) is 0 Å². The number of likely N-dealkylation sites (N-methyl/N-ethyl adjacent to an activating group) is 1. The van der Waals surface area contributed by atoms with E-state index in [1.54, 1.807) is 4.90 Å². The van der Waals surface area contributed by atoms with Crippen molar-refractivity contribution in [1.82, 2.24) is 9.80 Å². The van der Waals surface area contributed by atoms with E-state index in [0.717, 1.165) is 6.54 Å². The fraction of sp³-hybridized carbons (Fsp3) is 0.846. The summed E-state index contributed by atoms with van der Waals surface area (Å²) < 4.78 is 5.34. The second kappa shape index (κ2) is 6.23. The van der Waals surface area contributed by atoms with E-state index < -0.39 is 11.6 Å². The van der Waals surface area contributed by atoms with Gasteiger partial charge in [0, 0.05) is 32.1 Å². The Kier molecular flexibility index (Phi) is 5.17. The Labute approximate surface area is 114 Å². The molecule has 0 saturated carbocycles. The van der Waals surface area contributed by atoms with Crippen LogP contribution in [0.2, 0.25) is 0 Å². The smallest absolute Gasteiger partial charge is 0.410 e. The molecule has 0 aromatic carbocycles. The highest BCUT2D eigenvalue weighted by Crippen LogP contribution is 2.16.